The van der Waals surface area contributed by atoms with Gasteiger partial charge in [-0.2, -0.15) is 0 Å². The maximum atomic E-state index is 12.3. The van der Waals surface area contributed by atoms with Gasteiger partial charge in [0, 0.05) is 22.2 Å². The third-order valence-electron chi connectivity index (χ3n) is 3.67. The molecular formula is C18H18BrN3O4S. The van der Waals surface area contributed by atoms with Gasteiger partial charge in [-0.05, 0) is 71.8 Å². The maximum absolute atomic E-state index is 12.3. The Bertz CT molecular complexity index is 858. The number of hydrogen-bond acceptors (Lipinski definition) is 5. The van der Waals surface area contributed by atoms with Crippen LogP contribution in [0.3, 0.4) is 0 Å². The van der Waals surface area contributed by atoms with Crippen molar-refractivity contribution in [3.8, 4) is 5.75 Å². The zero-order valence-corrected chi connectivity index (χ0v) is 17.1. The van der Waals surface area contributed by atoms with E-state index in [0.29, 0.717) is 21.5 Å². The molecule has 2 aromatic carbocycles. The molecule has 142 valence electrons. The second-order valence-corrected chi connectivity index (χ2v) is 6.95. The number of nitrogens with one attached hydrogen (secondary N) is 2. The van der Waals surface area contributed by atoms with Gasteiger partial charge in [0.05, 0.1) is 16.7 Å². The summed E-state index contributed by atoms with van der Waals surface area (Å²) in [5.74, 6) is 0.317. The van der Waals surface area contributed by atoms with E-state index < -0.39 is 4.92 Å². The molecule has 27 heavy (non-hydrogen) atoms. The van der Waals surface area contributed by atoms with Gasteiger partial charge < -0.3 is 10.1 Å². The summed E-state index contributed by atoms with van der Waals surface area (Å²) in [6.45, 7) is 4.00. The predicted molar refractivity (Wildman–Crippen MR) is 111 cm³/mol. The first kappa shape index (κ1) is 20.8. The number of nitrogens with zero attached hydrogens (tertiary/aromatic N) is 1. The third-order valence-corrected chi connectivity index (χ3v) is 4.53. The highest BCUT2D eigenvalue weighted by molar-refractivity contribution is 9.10. The Morgan fingerprint density at radius 3 is 2.52 bits per heavy atom. The Morgan fingerprint density at radius 1 is 1.30 bits per heavy atom. The zero-order chi connectivity index (χ0) is 20.0. The molecule has 0 saturated heterocycles. The quantitative estimate of drug-likeness (QED) is 0.376. The van der Waals surface area contributed by atoms with Crippen molar-refractivity contribution in [3.05, 3.63) is 62.6 Å². The van der Waals surface area contributed by atoms with Crippen LogP contribution >= 0.6 is 28.1 Å². The van der Waals surface area contributed by atoms with Crippen molar-refractivity contribution in [1.29, 1.82) is 0 Å². The van der Waals surface area contributed by atoms with E-state index in [1.807, 2.05) is 13.8 Å². The topological polar surface area (TPSA) is 93.5 Å². The van der Waals surface area contributed by atoms with Crippen molar-refractivity contribution in [3.63, 3.8) is 0 Å². The van der Waals surface area contributed by atoms with Gasteiger partial charge in [-0.25, -0.2) is 0 Å². The van der Waals surface area contributed by atoms with E-state index in [9.17, 15) is 14.9 Å². The van der Waals surface area contributed by atoms with Gasteiger partial charge in [0.2, 0.25) is 0 Å². The lowest BCUT2D eigenvalue weighted by atomic mass is 10.2. The van der Waals surface area contributed by atoms with Gasteiger partial charge in [-0.1, -0.05) is 6.92 Å². The van der Waals surface area contributed by atoms with Crippen LogP contribution in [0.4, 0.5) is 11.4 Å². The normalized spacial score (nSPS) is 11.4. The first-order chi connectivity index (χ1) is 12.8. The highest BCUT2D eigenvalue weighted by Gasteiger charge is 2.12. The molecule has 0 radical (unpaired) electrons. The lowest BCUT2D eigenvalue weighted by Crippen LogP contribution is -2.34. The SMILES string of the molecule is CCC(C)Oc1ccc(C(=O)NC(=S)Nc2ccc([N+](=O)[O-])cc2Br)cc1. The van der Waals surface area contributed by atoms with Crippen molar-refractivity contribution in [1.82, 2.24) is 5.32 Å². The van der Waals surface area contributed by atoms with Crippen molar-refractivity contribution in [2.45, 2.75) is 26.4 Å². The van der Waals surface area contributed by atoms with Crippen LogP contribution in [0, 0.1) is 10.1 Å². The number of hydrogen-bond donors (Lipinski definition) is 2. The number of benzene rings is 2. The number of carbonyl (C=O) groups excluding carboxylic acids is 1. The van der Waals surface area contributed by atoms with E-state index in [1.54, 1.807) is 24.3 Å². The summed E-state index contributed by atoms with van der Waals surface area (Å²) in [6.07, 6.45) is 0.988. The Morgan fingerprint density at radius 2 is 1.96 bits per heavy atom. The Kier molecular flexibility index (Phi) is 7.26. The smallest absolute Gasteiger partial charge is 0.270 e. The molecule has 0 saturated carbocycles. The molecule has 9 heteroatoms. The summed E-state index contributed by atoms with van der Waals surface area (Å²) < 4.78 is 6.13. The minimum atomic E-state index is -0.497. The number of halogens is 1. The minimum Gasteiger partial charge on any atom is -0.491 e. The van der Waals surface area contributed by atoms with Gasteiger partial charge >= 0.3 is 0 Å². The fraction of sp³-hybridized carbons (Fsp3) is 0.222. The maximum Gasteiger partial charge on any atom is 0.270 e. The van der Waals surface area contributed by atoms with Crippen molar-refractivity contribution in [2.24, 2.45) is 0 Å². The number of thiocarbonyl (C=S) groups is 1. The fourth-order valence-corrected chi connectivity index (χ4v) is 2.72. The monoisotopic (exact) mass is 451 g/mol. The highest BCUT2D eigenvalue weighted by atomic mass is 79.9. The average Bonchev–Trinajstić information content (AvgIpc) is 2.63. The highest BCUT2D eigenvalue weighted by Crippen LogP contribution is 2.27. The molecule has 0 heterocycles. The summed E-state index contributed by atoms with van der Waals surface area (Å²) in [4.78, 5) is 22.5. The lowest BCUT2D eigenvalue weighted by molar-refractivity contribution is -0.384. The van der Waals surface area contributed by atoms with Crippen molar-refractivity contribution in [2.75, 3.05) is 5.32 Å². The predicted octanol–water partition coefficient (Wildman–Crippen LogP) is 4.66. The van der Waals surface area contributed by atoms with Crippen LogP contribution in [-0.2, 0) is 0 Å². The lowest BCUT2D eigenvalue weighted by Gasteiger charge is -2.13. The number of ether oxygens (including phenoxy) is 1. The molecule has 2 N–H and O–H groups in total. The Hall–Kier alpha value is -2.52. The standard InChI is InChI=1S/C18H18BrN3O4S/c1-3-11(2)26-14-7-4-12(5-8-14)17(23)21-18(27)20-16-9-6-13(22(24)25)10-15(16)19/h4-11H,3H2,1-2H3,(H2,20,21,23,27). The molecule has 1 amide bonds. The molecule has 0 aliphatic carbocycles. The average molecular weight is 452 g/mol. The summed E-state index contributed by atoms with van der Waals surface area (Å²) in [5.41, 5.74) is 0.878. The Labute approximate surface area is 170 Å². The van der Waals surface area contributed by atoms with Crippen LogP contribution in [0.1, 0.15) is 30.6 Å². The molecule has 0 aromatic heterocycles. The van der Waals surface area contributed by atoms with E-state index in [-0.39, 0.29) is 22.8 Å². The number of carbonyl (C=O) groups is 1. The molecule has 2 aromatic rings. The number of non-ortho nitro benzene ring substituents is 1. The van der Waals surface area contributed by atoms with Gasteiger partial charge in [-0.15, -0.1) is 0 Å². The third kappa shape index (κ3) is 6.00. The number of nitro groups is 1. The van der Waals surface area contributed by atoms with Gasteiger partial charge in [0.15, 0.2) is 5.11 Å². The van der Waals surface area contributed by atoms with Crippen molar-refractivity contribution >= 4 is 50.5 Å². The molecule has 1 unspecified atom stereocenters. The molecule has 7 nitrogen and oxygen atoms in total. The molecule has 1 atom stereocenters. The van der Waals surface area contributed by atoms with Crippen LogP contribution < -0.4 is 15.4 Å². The number of amides is 1. The molecular weight excluding hydrogens is 434 g/mol. The van der Waals surface area contributed by atoms with E-state index in [2.05, 4.69) is 26.6 Å². The molecule has 0 spiro atoms. The van der Waals surface area contributed by atoms with E-state index in [0.717, 1.165) is 6.42 Å². The molecule has 0 aliphatic heterocycles. The van der Waals surface area contributed by atoms with Gasteiger partial charge in [0.1, 0.15) is 5.75 Å². The fourth-order valence-electron chi connectivity index (χ4n) is 2.05. The minimum absolute atomic E-state index is 0.0536. The van der Waals surface area contributed by atoms with Gasteiger partial charge in [0.25, 0.3) is 11.6 Å². The largest absolute Gasteiger partial charge is 0.491 e. The van der Waals surface area contributed by atoms with Crippen LogP contribution in [0.5, 0.6) is 5.75 Å². The van der Waals surface area contributed by atoms with Gasteiger partial charge in [-0.3, -0.25) is 20.2 Å². The second kappa shape index (κ2) is 9.43. The van der Waals surface area contributed by atoms with Crippen molar-refractivity contribution < 1.29 is 14.5 Å². The van der Waals surface area contributed by atoms with Crippen LogP contribution in [0.25, 0.3) is 0 Å². The number of rotatable bonds is 6. The van der Waals surface area contributed by atoms with Crippen LogP contribution in [0.2, 0.25) is 0 Å². The molecule has 0 aliphatic rings. The summed E-state index contributed by atoms with van der Waals surface area (Å²) in [5, 5.41) is 16.2. The summed E-state index contributed by atoms with van der Waals surface area (Å²) >= 11 is 8.37. The summed E-state index contributed by atoms with van der Waals surface area (Å²) in [6, 6.07) is 10.9. The van der Waals surface area contributed by atoms with Crippen LogP contribution in [-0.4, -0.2) is 22.0 Å². The second-order valence-electron chi connectivity index (χ2n) is 5.69. The first-order valence-electron chi connectivity index (χ1n) is 8.13. The summed E-state index contributed by atoms with van der Waals surface area (Å²) in [7, 11) is 0. The molecule has 0 fully saturated rings. The van der Waals surface area contributed by atoms with E-state index in [1.165, 1.54) is 18.2 Å². The van der Waals surface area contributed by atoms with E-state index in [4.69, 9.17) is 17.0 Å². The Balaban J connectivity index is 1.97. The number of nitro benzene ring substituents is 1. The molecule has 2 rings (SSSR count). The molecule has 0 bridgehead atoms. The zero-order valence-electron chi connectivity index (χ0n) is 14.7. The first-order valence-corrected chi connectivity index (χ1v) is 9.33. The van der Waals surface area contributed by atoms with Crippen LogP contribution in [0.15, 0.2) is 46.9 Å². The number of anilines is 1. The van der Waals surface area contributed by atoms with E-state index >= 15 is 0 Å².